The molecule has 0 aromatic rings. The molecule has 4 fully saturated rings. The molecule has 0 saturated heterocycles. The van der Waals surface area contributed by atoms with Gasteiger partial charge in [0.05, 0.1) is 22.4 Å². The van der Waals surface area contributed by atoms with Gasteiger partial charge in [0.1, 0.15) is 0 Å². The number of hydrogen-bond acceptors (Lipinski definition) is 4. The third-order valence-electron chi connectivity index (χ3n) is 14.8. The molecular formula is C44H84O4Si. The predicted octanol–water partition coefficient (Wildman–Crippen LogP) is 14.0. The molecule has 4 aliphatic rings. The molecule has 0 N–H and O–H groups in total. The lowest BCUT2D eigenvalue weighted by Gasteiger charge is -2.54. The molecule has 288 valence electrons. The van der Waals surface area contributed by atoms with Gasteiger partial charge in [-0.05, 0) is 103 Å². The van der Waals surface area contributed by atoms with E-state index in [9.17, 15) is 0 Å². The second-order valence-corrected chi connectivity index (χ2v) is 20.2. The van der Waals surface area contributed by atoms with Gasteiger partial charge in [-0.2, -0.15) is 0 Å². The van der Waals surface area contributed by atoms with E-state index in [1.54, 1.807) is 0 Å². The van der Waals surface area contributed by atoms with E-state index in [4.69, 9.17) is 17.7 Å². The summed E-state index contributed by atoms with van der Waals surface area (Å²) in [5.41, 5.74) is -1.28. The molecule has 0 amide bonds. The van der Waals surface area contributed by atoms with Gasteiger partial charge in [-0.15, -0.1) is 0 Å². The molecule has 0 radical (unpaired) electrons. The van der Waals surface area contributed by atoms with Crippen molar-refractivity contribution in [2.75, 3.05) is 0 Å². The Morgan fingerprint density at radius 2 is 0.551 bits per heavy atom. The van der Waals surface area contributed by atoms with Crippen molar-refractivity contribution >= 4 is 9.05 Å². The first kappa shape index (κ1) is 41.8. The van der Waals surface area contributed by atoms with Crippen molar-refractivity contribution in [3.63, 3.8) is 0 Å². The minimum Gasteiger partial charge on any atom is -0.345 e. The van der Waals surface area contributed by atoms with Gasteiger partial charge in [0.15, 0.2) is 0 Å². The molecule has 4 saturated carbocycles. The SMILES string of the molecule is CCC1CCCCCCC1(C)O[Si](OC1(C)CCCCCCC1CC)(OC1(C)CCCCCCC1CC)OC1(C)CCCCCCC1CC. The van der Waals surface area contributed by atoms with Gasteiger partial charge < -0.3 is 17.7 Å². The van der Waals surface area contributed by atoms with E-state index in [-0.39, 0.29) is 22.4 Å². The summed E-state index contributed by atoms with van der Waals surface area (Å²) in [5.74, 6) is 1.95. The lowest BCUT2D eigenvalue weighted by Crippen LogP contribution is -2.67. The maximum absolute atomic E-state index is 8.08. The quantitative estimate of drug-likeness (QED) is 0.190. The molecule has 0 bridgehead atoms. The molecule has 0 heterocycles. The molecule has 4 nitrogen and oxygen atoms in total. The number of hydrogen-bond donors (Lipinski definition) is 0. The molecule has 0 aromatic heterocycles. The average molecular weight is 705 g/mol. The third-order valence-corrected chi connectivity index (χ3v) is 17.6. The summed E-state index contributed by atoms with van der Waals surface area (Å²) in [6, 6.07) is 0. The van der Waals surface area contributed by atoms with Crippen LogP contribution in [0.3, 0.4) is 0 Å². The van der Waals surface area contributed by atoms with Gasteiger partial charge in [0.2, 0.25) is 0 Å². The summed E-state index contributed by atoms with van der Waals surface area (Å²) in [6.45, 7) is 19.4. The molecule has 0 aromatic carbocycles. The van der Waals surface area contributed by atoms with E-state index < -0.39 is 9.05 Å². The van der Waals surface area contributed by atoms with Crippen molar-refractivity contribution in [1.29, 1.82) is 0 Å². The summed E-state index contributed by atoms with van der Waals surface area (Å²) in [6.07, 6.45) is 34.5. The molecule has 4 aliphatic carbocycles. The summed E-state index contributed by atoms with van der Waals surface area (Å²) >= 11 is 0. The Balaban J connectivity index is 1.93. The van der Waals surface area contributed by atoms with Gasteiger partial charge in [0.25, 0.3) is 0 Å². The average Bonchev–Trinajstić information content (AvgIpc) is 3.02. The minimum atomic E-state index is -3.82. The van der Waals surface area contributed by atoms with Crippen LogP contribution in [0.25, 0.3) is 0 Å². The van der Waals surface area contributed by atoms with Crippen LogP contribution in [0.4, 0.5) is 0 Å². The van der Waals surface area contributed by atoms with Crippen LogP contribution in [0.5, 0.6) is 0 Å². The van der Waals surface area contributed by atoms with Crippen LogP contribution in [0, 0.1) is 23.7 Å². The van der Waals surface area contributed by atoms with Crippen LogP contribution in [0.15, 0.2) is 0 Å². The summed E-state index contributed by atoms with van der Waals surface area (Å²) in [5, 5.41) is 0. The van der Waals surface area contributed by atoms with Crippen LogP contribution < -0.4 is 0 Å². The smallest absolute Gasteiger partial charge is 0.345 e. The summed E-state index contributed by atoms with van der Waals surface area (Å²) in [7, 11) is -3.82. The van der Waals surface area contributed by atoms with E-state index >= 15 is 0 Å². The Morgan fingerprint density at radius 1 is 0.347 bits per heavy atom. The molecule has 8 atom stereocenters. The first-order valence-electron chi connectivity index (χ1n) is 22.3. The fourth-order valence-corrected chi connectivity index (χ4v) is 14.9. The zero-order chi connectivity index (χ0) is 35.4. The Morgan fingerprint density at radius 3 is 0.755 bits per heavy atom. The minimum absolute atomic E-state index is 0.319. The Bertz CT molecular complexity index is 794. The lowest BCUT2D eigenvalue weighted by atomic mass is 9.78. The summed E-state index contributed by atoms with van der Waals surface area (Å²) < 4.78 is 32.3. The van der Waals surface area contributed by atoms with E-state index in [2.05, 4.69) is 55.4 Å². The van der Waals surface area contributed by atoms with Gasteiger partial charge in [-0.25, -0.2) is 0 Å². The zero-order valence-electron chi connectivity index (χ0n) is 34.2. The highest BCUT2D eigenvalue weighted by Crippen LogP contribution is 2.50. The summed E-state index contributed by atoms with van der Waals surface area (Å²) in [4.78, 5) is 0. The Hall–Kier alpha value is 0.0569. The molecule has 5 heteroatoms. The Labute approximate surface area is 307 Å². The topological polar surface area (TPSA) is 36.9 Å². The highest BCUT2D eigenvalue weighted by Gasteiger charge is 2.63. The Kier molecular flexibility index (Phi) is 16.6. The first-order valence-corrected chi connectivity index (χ1v) is 23.9. The first-order chi connectivity index (χ1) is 23.5. The molecule has 4 rings (SSSR count). The second kappa shape index (κ2) is 19.4. The number of rotatable bonds is 12. The molecule has 8 unspecified atom stereocenters. The second-order valence-electron chi connectivity index (χ2n) is 18.4. The van der Waals surface area contributed by atoms with Crippen LogP contribution in [-0.4, -0.2) is 31.5 Å². The maximum atomic E-state index is 8.08. The van der Waals surface area contributed by atoms with Crippen molar-refractivity contribution in [2.24, 2.45) is 23.7 Å². The van der Waals surface area contributed by atoms with E-state index in [1.807, 2.05) is 0 Å². The fourth-order valence-electron chi connectivity index (χ4n) is 11.3. The van der Waals surface area contributed by atoms with Gasteiger partial charge >= 0.3 is 9.05 Å². The maximum Gasteiger partial charge on any atom is 0.681 e. The fraction of sp³-hybridized carbons (Fsp3) is 1.00. The molecular weight excluding hydrogens is 621 g/mol. The largest absolute Gasteiger partial charge is 0.681 e. The van der Waals surface area contributed by atoms with Crippen molar-refractivity contribution in [2.45, 2.75) is 258 Å². The standard InChI is InChI=1S/C44H84O4Si/c1-9-37-29-21-13-17-25-33-41(37,5)45-49(46-42(6)34-26-18-14-22-30-38(42)10-2,47-43(7)35-27-19-15-23-31-39(43)11-3)48-44(8)36-28-20-16-24-32-40(44)12-4/h37-40H,9-36H2,1-8H3. The van der Waals surface area contributed by atoms with E-state index in [0.29, 0.717) is 23.7 Å². The highest BCUT2D eigenvalue weighted by atomic mass is 28.4. The third kappa shape index (κ3) is 11.0. The van der Waals surface area contributed by atoms with Gasteiger partial charge in [0, 0.05) is 0 Å². The van der Waals surface area contributed by atoms with Crippen LogP contribution in [0.1, 0.15) is 235 Å². The van der Waals surface area contributed by atoms with Crippen molar-refractivity contribution < 1.29 is 17.7 Å². The predicted molar refractivity (Wildman–Crippen MR) is 210 cm³/mol. The van der Waals surface area contributed by atoms with E-state index in [0.717, 1.165) is 51.4 Å². The van der Waals surface area contributed by atoms with Crippen LogP contribution >= 0.6 is 0 Å². The highest BCUT2D eigenvalue weighted by molar-refractivity contribution is 6.54. The van der Waals surface area contributed by atoms with Gasteiger partial charge in [-0.3, -0.25) is 0 Å². The van der Waals surface area contributed by atoms with Crippen LogP contribution in [0.2, 0.25) is 0 Å². The molecule has 49 heavy (non-hydrogen) atoms. The molecule has 0 aliphatic heterocycles. The van der Waals surface area contributed by atoms with Gasteiger partial charge in [-0.1, -0.05) is 156 Å². The van der Waals surface area contributed by atoms with Crippen molar-refractivity contribution in [3.8, 4) is 0 Å². The normalized spacial score (nSPS) is 40.7. The molecule has 0 spiro atoms. The van der Waals surface area contributed by atoms with Crippen molar-refractivity contribution in [3.05, 3.63) is 0 Å². The monoisotopic (exact) mass is 705 g/mol. The zero-order valence-corrected chi connectivity index (χ0v) is 35.2. The van der Waals surface area contributed by atoms with E-state index in [1.165, 1.54) is 128 Å². The van der Waals surface area contributed by atoms with Crippen LogP contribution in [-0.2, 0) is 17.7 Å². The van der Waals surface area contributed by atoms with Crippen molar-refractivity contribution in [1.82, 2.24) is 0 Å². The lowest BCUT2D eigenvalue weighted by molar-refractivity contribution is -0.216.